The number of carbonyl (C=O) groups is 1. The highest BCUT2D eigenvalue weighted by molar-refractivity contribution is 5.84. The van der Waals surface area contributed by atoms with Crippen molar-refractivity contribution in [3.63, 3.8) is 0 Å². The van der Waals surface area contributed by atoms with Crippen LogP contribution in [-0.2, 0) is 4.79 Å². The summed E-state index contributed by atoms with van der Waals surface area (Å²) < 4.78 is 31.0. The minimum absolute atomic E-state index is 0.290. The van der Waals surface area contributed by atoms with Gasteiger partial charge in [-0.2, -0.15) is 0 Å². The summed E-state index contributed by atoms with van der Waals surface area (Å²) >= 11 is 0. The number of nitrogens with one attached hydrogen (secondary N) is 1. The van der Waals surface area contributed by atoms with E-state index in [1.807, 2.05) is 6.92 Å². The summed E-state index contributed by atoms with van der Waals surface area (Å²) in [5.74, 6) is -1.92. The Bertz CT molecular complexity index is 483. The van der Waals surface area contributed by atoms with Crippen molar-refractivity contribution < 1.29 is 18.3 Å². The molecule has 1 rings (SSSR count). The molecule has 118 valence electrons. The van der Waals surface area contributed by atoms with E-state index in [0.717, 1.165) is 18.6 Å². The van der Waals surface area contributed by atoms with Gasteiger partial charge in [0.15, 0.2) is 11.6 Å². The molecule has 0 heterocycles. The van der Waals surface area contributed by atoms with Gasteiger partial charge in [-0.3, -0.25) is 4.79 Å². The van der Waals surface area contributed by atoms with Crippen LogP contribution in [0.5, 0.6) is 5.75 Å². The molecule has 0 aromatic heterocycles. The van der Waals surface area contributed by atoms with E-state index in [1.54, 1.807) is 6.92 Å². The Labute approximate surface area is 123 Å². The topological polar surface area (TPSA) is 64.3 Å². The van der Waals surface area contributed by atoms with Gasteiger partial charge in [-0.05, 0) is 44.9 Å². The van der Waals surface area contributed by atoms with Crippen molar-refractivity contribution >= 4 is 5.91 Å². The number of amides is 1. The predicted octanol–water partition coefficient (Wildman–Crippen LogP) is 2.37. The quantitative estimate of drug-likeness (QED) is 0.688. The van der Waals surface area contributed by atoms with Gasteiger partial charge in [0.2, 0.25) is 5.91 Å². The van der Waals surface area contributed by atoms with E-state index in [4.69, 9.17) is 10.5 Å². The second-order valence-corrected chi connectivity index (χ2v) is 5.11. The third-order valence-electron chi connectivity index (χ3n) is 3.34. The van der Waals surface area contributed by atoms with E-state index in [0.29, 0.717) is 31.7 Å². The molecule has 0 saturated carbocycles. The first-order chi connectivity index (χ1) is 9.89. The number of primary amides is 1. The van der Waals surface area contributed by atoms with Crippen LogP contribution in [0.25, 0.3) is 0 Å². The normalized spacial score (nSPS) is 13.7. The Kier molecular flexibility index (Phi) is 6.55. The number of rotatable bonds is 9. The average Bonchev–Trinajstić information content (AvgIpc) is 2.42. The molecule has 1 aromatic carbocycles. The second kappa shape index (κ2) is 7.93. The van der Waals surface area contributed by atoms with Crippen molar-refractivity contribution in [2.75, 3.05) is 13.2 Å². The van der Waals surface area contributed by atoms with Crippen molar-refractivity contribution in [2.24, 2.45) is 5.73 Å². The summed E-state index contributed by atoms with van der Waals surface area (Å²) in [6.07, 6.45) is 2.01. The standard InChI is InChI=1S/C15H22F2N2O2/c1-3-19-15(2,14(18)20)8-4-5-9-21-11-6-7-12(16)13(17)10-11/h6-7,10,19H,3-5,8-9H2,1-2H3,(H2,18,20). The molecule has 21 heavy (non-hydrogen) atoms. The van der Waals surface area contributed by atoms with Crippen LogP contribution in [0.1, 0.15) is 33.1 Å². The van der Waals surface area contributed by atoms with Crippen LogP contribution < -0.4 is 15.8 Å². The van der Waals surface area contributed by atoms with E-state index < -0.39 is 17.2 Å². The molecule has 1 amide bonds. The highest BCUT2D eigenvalue weighted by Crippen LogP contribution is 2.17. The minimum atomic E-state index is -0.930. The maximum Gasteiger partial charge on any atom is 0.237 e. The van der Waals surface area contributed by atoms with Crippen LogP contribution in [0.2, 0.25) is 0 Å². The molecule has 1 aromatic rings. The lowest BCUT2D eigenvalue weighted by Crippen LogP contribution is -2.53. The van der Waals surface area contributed by atoms with E-state index in [1.165, 1.54) is 6.07 Å². The first-order valence-electron chi connectivity index (χ1n) is 7.02. The summed E-state index contributed by atoms with van der Waals surface area (Å²) in [5.41, 5.74) is 4.66. The molecule has 1 atom stereocenters. The number of carbonyl (C=O) groups excluding carboxylic acids is 1. The fourth-order valence-electron chi connectivity index (χ4n) is 2.03. The monoisotopic (exact) mass is 300 g/mol. The zero-order chi connectivity index (χ0) is 15.9. The first kappa shape index (κ1) is 17.4. The molecule has 0 aliphatic carbocycles. The van der Waals surface area contributed by atoms with Crippen LogP contribution in [-0.4, -0.2) is 24.6 Å². The molecule has 0 fully saturated rings. The molecule has 4 nitrogen and oxygen atoms in total. The SMILES string of the molecule is CCNC(C)(CCCCOc1ccc(F)c(F)c1)C(N)=O. The van der Waals surface area contributed by atoms with Crippen LogP contribution >= 0.6 is 0 Å². The number of benzene rings is 1. The number of unbranched alkanes of at least 4 members (excludes halogenated alkanes) is 1. The van der Waals surface area contributed by atoms with Gasteiger partial charge in [0.1, 0.15) is 5.75 Å². The molecular formula is C15H22F2N2O2. The molecular weight excluding hydrogens is 278 g/mol. The van der Waals surface area contributed by atoms with Crippen molar-refractivity contribution in [1.29, 1.82) is 0 Å². The van der Waals surface area contributed by atoms with Crippen LogP contribution in [0.3, 0.4) is 0 Å². The van der Waals surface area contributed by atoms with E-state index in [2.05, 4.69) is 5.32 Å². The molecule has 3 N–H and O–H groups in total. The molecule has 0 bridgehead atoms. The third-order valence-corrected chi connectivity index (χ3v) is 3.34. The Morgan fingerprint density at radius 1 is 1.33 bits per heavy atom. The van der Waals surface area contributed by atoms with Gasteiger partial charge in [0.25, 0.3) is 0 Å². The zero-order valence-electron chi connectivity index (χ0n) is 12.4. The Balaban J connectivity index is 2.33. The maximum absolute atomic E-state index is 13.0. The average molecular weight is 300 g/mol. The molecule has 1 unspecified atom stereocenters. The Hall–Kier alpha value is -1.69. The second-order valence-electron chi connectivity index (χ2n) is 5.11. The number of nitrogens with two attached hydrogens (primary N) is 1. The van der Waals surface area contributed by atoms with Gasteiger partial charge in [-0.25, -0.2) is 8.78 Å². The molecule has 0 radical (unpaired) electrons. The number of likely N-dealkylation sites (N-methyl/N-ethyl adjacent to an activating group) is 1. The zero-order valence-corrected chi connectivity index (χ0v) is 12.4. The van der Waals surface area contributed by atoms with Crippen molar-refractivity contribution in [1.82, 2.24) is 5.32 Å². The molecule has 0 saturated heterocycles. The van der Waals surface area contributed by atoms with Gasteiger partial charge in [0.05, 0.1) is 12.1 Å². The number of halogens is 2. The molecule has 0 aliphatic heterocycles. The fourth-order valence-corrected chi connectivity index (χ4v) is 2.03. The number of ether oxygens (including phenoxy) is 1. The molecule has 0 aliphatic rings. The van der Waals surface area contributed by atoms with Crippen molar-refractivity contribution in [2.45, 2.75) is 38.6 Å². The highest BCUT2D eigenvalue weighted by Gasteiger charge is 2.28. The Morgan fingerprint density at radius 2 is 2.05 bits per heavy atom. The van der Waals surface area contributed by atoms with Crippen LogP contribution in [0.4, 0.5) is 8.78 Å². The summed E-state index contributed by atoms with van der Waals surface area (Å²) in [6.45, 7) is 4.71. The summed E-state index contributed by atoms with van der Waals surface area (Å²) in [6, 6.07) is 3.42. The van der Waals surface area contributed by atoms with E-state index >= 15 is 0 Å². The van der Waals surface area contributed by atoms with Gasteiger partial charge in [-0.1, -0.05) is 6.92 Å². The van der Waals surface area contributed by atoms with Crippen molar-refractivity contribution in [3.8, 4) is 5.75 Å². The smallest absolute Gasteiger partial charge is 0.237 e. The van der Waals surface area contributed by atoms with Crippen LogP contribution in [0, 0.1) is 11.6 Å². The third kappa shape index (κ3) is 5.30. The summed E-state index contributed by atoms with van der Waals surface area (Å²) in [5, 5.41) is 3.07. The predicted molar refractivity (Wildman–Crippen MR) is 77.0 cm³/mol. The van der Waals surface area contributed by atoms with Crippen LogP contribution in [0.15, 0.2) is 18.2 Å². The molecule has 0 spiro atoms. The van der Waals surface area contributed by atoms with E-state index in [-0.39, 0.29) is 5.91 Å². The Morgan fingerprint density at radius 3 is 2.62 bits per heavy atom. The lowest BCUT2D eigenvalue weighted by Gasteiger charge is -2.26. The van der Waals surface area contributed by atoms with Gasteiger partial charge < -0.3 is 15.8 Å². The largest absolute Gasteiger partial charge is 0.493 e. The van der Waals surface area contributed by atoms with Gasteiger partial charge in [-0.15, -0.1) is 0 Å². The first-order valence-corrected chi connectivity index (χ1v) is 7.02. The number of hydrogen-bond acceptors (Lipinski definition) is 3. The summed E-state index contributed by atoms with van der Waals surface area (Å²) in [4.78, 5) is 11.4. The summed E-state index contributed by atoms with van der Waals surface area (Å²) in [7, 11) is 0. The highest BCUT2D eigenvalue weighted by atomic mass is 19.2. The number of hydrogen-bond donors (Lipinski definition) is 2. The maximum atomic E-state index is 13.0. The minimum Gasteiger partial charge on any atom is -0.493 e. The molecule has 6 heteroatoms. The fraction of sp³-hybridized carbons (Fsp3) is 0.533. The van der Waals surface area contributed by atoms with Gasteiger partial charge >= 0.3 is 0 Å². The lowest BCUT2D eigenvalue weighted by atomic mass is 9.94. The van der Waals surface area contributed by atoms with E-state index in [9.17, 15) is 13.6 Å². The lowest BCUT2D eigenvalue weighted by molar-refractivity contribution is -0.124. The van der Waals surface area contributed by atoms with Gasteiger partial charge in [0, 0.05) is 6.07 Å². The van der Waals surface area contributed by atoms with Crippen molar-refractivity contribution in [3.05, 3.63) is 29.8 Å².